The summed E-state index contributed by atoms with van der Waals surface area (Å²) in [6, 6.07) is 8.40. The van der Waals surface area contributed by atoms with E-state index in [1.165, 1.54) is 14.2 Å². The minimum Gasteiger partial charge on any atom is -0.493 e. The largest absolute Gasteiger partial charge is 0.493 e. The molecule has 4 radical (unpaired) electrons. The van der Waals surface area contributed by atoms with Crippen LogP contribution in [-0.2, 0) is 0 Å². The fourth-order valence-corrected chi connectivity index (χ4v) is 2.90. The first kappa shape index (κ1) is 16.3. The molecule has 0 atom stereocenters. The van der Waals surface area contributed by atoms with E-state index in [0.29, 0.717) is 50.3 Å². The number of fused-ring (bicyclic) bond motifs is 3. The fraction of sp³-hybridized carbons (Fsp3) is 0.111. The van der Waals surface area contributed by atoms with Crippen LogP contribution in [0.2, 0.25) is 0 Å². The van der Waals surface area contributed by atoms with E-state index in [1.54, 1.807) is 30.3 Å². The van der Waals surface area contributed by atoms with Gasteiger partial charge in [-0.25, -0.2) is 4.98 Å². The minimum atomic E-state index is -0.408. The monoisotopic (exact) mass is 342 g/mol. The summed E-state index contributed by atoms with van der Waals surface area (Å²) >= 11 is 0. The number of hydrogen-bond donors (Lipinski definition) is 1. The van der Waals surface area contributed by atoms with Gasteiger partial charge >= 0.3 is 0 Å². The van der Waals surface area contributed by atoms with Crippen molar-refractivity contribution >= 4 is 48.7 Å². The van der Waals surface area contributed by atoms with Gasteiger partial charge in [0.2, 0.25) is 5.58 Å². The van der Waals surface area contributed by atoms with E-state index in [4.69, 9.17) is 29.6 Å². The number of furan rings is 1. The molecule has 0 fully saturated rings. The second-order valence-electron chi connectivity index (χ2n) is 5.74. The Morgan fingerprint density at radius 2 is 1.81 bits per heavy atom. The molecule has 0 amide bonds. The van der Waals surface area contributed by atoms with Crippen LogP contribution in [0.15, 0.2) is 39.5 Å². The van der Waals surface area contributed by atoms with Crippen LogP contribution in [0.1, 0.15) is 0 Å². The molecule has 0 saturated heterocycles. The van der Waals surface area contributed by atoms with Crippen molar-refractivity contribution in [1.29, 1.82) is 0 Å². The van der Waals surface area contributed by atoms with Gasteiger partial charge in [0, 0.05) is 10.9 Å². The predicted octanol–water partition coefficient (Wildman–Crippen LogP) is 0.941. The summed E-state index contributed by atoms with van der Waals surface area (Å²) in [6.45, 7) is 0. The number of aromatic nitrogens is 2. The van der Waals surface area contributed by atoms with Gasteiger partial charge in [-0.15, -0.1) is 0 Å². The van der Waals surface area contributed by atoms with Crippen molar-refractivity contribution in [2.75, 3.05) is 14.2 Å². The normalized spacial score (nSPS) is 11.2. The first-order chi connectivity index (χ1) is 12.5. The summed E-state index contributed by atoms with van der Waals surface area (Å²) in [6.07, 6.45) is 0. The minimum absolute atomic E-state index is 0.133. The Morgan fingerprint density at radius 1 is 1.08 bits per heavy atom. The number of nitrogens with zero attached hydrogens (tertiary/aromatic N) is 1. The van der Waals surface area contributed by atoms with Crippen molar-refractivity contribution in [3.05, 3.63) is 40.7 Å². The van der Waals surface area contributed by atoms with Gasteiger partial charge in [0.25, 0.3) is 5.56 Å². The molecule has 8 heteroatoms. The first-order valence-corrected chi connectivity index (χ1v) is 7.75. The molecule has 2 heterocycles. The second-order valence-corrected chi connectivity index (χ2v) is 5.74. The zero-order chi connectivity index (χ0) is 18.4. The number of ether oxygens (including phenoxy) is 2. The third kappa shape index (κ3) is 2.45. The van der Waals surface area contributed by atoms with Crippen molar-refractivity contribution in [3.8, 4) is 22.9 Å². The number of aromatic amines is 1. The number of H-pyrrole nitrogens is 1. The van der Waals surface area contributed by atoms with Gasteiger partial charge in [-0.05, 0) is 18.2 Å². The van der Waals surface area contributed by atoms with Crippen LogP contribution in [-0.4, -0.2) is 39.9 Å². The lowest BCUT2D eigenvalue weighted by molar-refractivity contribution is 0.355. The summed E-state index contributed by atoms with van der Waals surface area (Å²) in [5.41, 5.74) is 2.12. The molecule has 1 N–H and O–H groups in total. The van der Waals surface area contributed by atoms with E-state index < -0.39 is 5.56 Å². The molecule has 4 rings (SSSR count). The molecule has 0 aliphatic heterocycles. The van der Waals surface area contributed by atoms with Gasteiger partial charge in [0.15, 0.2) is 11.5 Å². The van der Waals surface area contributed by atoms with Gasteiger partial charge < -0.3 is 18.9 Å². The van der Waals surface area contributed by atoms with Gasteiger partial charge in [-0.1, -0.05) is 23.1 Å². The summed E-state index contributed by atoms with van der Waals surface area (Å²) < 4.78 is 16.1. The standard InChI is InChI=1S/C18H12B2N2O4/c1-24-13-6-9(11(20)7-14(13)25-2)17-21-15-10-5-8(19)3-4-12(10)26-16(15)18(23)22-17/h3-7H,1-2H3,(H,21,22,23). The Hall–Kier alpha value is -3.15. The molecule has 0 spiro atoms. The average Bonchev–Trinajstić information content (AvgIpc) is 3.00. The second kappa shape index (κ2) is 5.98. The third-order valence-corrected chi connectivity index (χ3v) is 4.16. The Morgan fingerprint density at radius 3 is 2.54 bits per heavy atom. The quantitative estimate of drug-likeness (QED) is 0.561. The van der Waals surface area contributed by atoms with Crippen LogP contribution in [0.5, 0.6) is 11.5 Å². The van der Waals surface area contributed by atoms with E-state index >= 15 is 0 Å². The predicted molar refractivity (Wildman–Crippen MR) is 101 cm³/mol. The molecule has 2 aromatic carbocycles. The molecule has 2 aromatic heterocycles. The first-order valence-electron chi connectivity index (χ1n) is 7.75. The zero-order valence-corrected chi connectivity index (χ0v) is 14.1. The van der Waals surface area contributed by atoms with Gasteiger partial charge in [0.05, 0.1) is 14.2 Å². The highest BCUT2D eigenvalue weighted by Crippen LogP contribution is 2.30. The van der Waals surface area contributed by atoms with Gasteiger partial charge in [-0.2, -0.15) is 0 Å². The molecule has 0 unspecified atom stereocenters. The molecular weight excluding hydrogens is 330 g/mol. The lowest BCUT2D eigenvalue weighted by Gasteiger charge is -2.12. The van der Waals surface area contributed by atoms with Crippen molar-refractivity contribution in [2.24, 2.45) is 0 Å². The van der Waals surface area contributed by atoms with Crippen molar-refractivity contribution in [1.82, 2.24) is 9.97 Å². The molecule has 26 heavy (non-hydrogen) atoms. The van der Waals surface area contributed by atoms with E-state index in [2.05, 4.69) is 9.97 Å². The van der Waals surface area contributed by atoms with Crippen LogP contribution in [0, 0.1) is 0 Å². The lowest BCUT2D eigenvalue weighted by Crippen LogP contribution is -2.14. The van der Waals surface area contributed by atoms with Crippen molar-refractivity contribution in [2.45, 2.75) is 0 Å². The SMILES string of the molecule is [B]c1ccc2oc3c(=O)[nH]c(-c4cc(OC)c(OC)cc4[B])nc3c2c1. The highest BCUT2D eigenvalue weighted by Gasteiger charge is 2.17. The van der Waals surface area contributed by atoms with Crippen LogP contribution < -0.4 is 26.0 Å². The molecule has 124 valence electrons. The average molecular weight is 342 g/mol. The topological polar surface area (TPSA) is 77.4 Å². The van der Waals surface area contributed by atoms with E-state index in [-0.39, 0.29) is 5.58 Å². The zero-order valence-electron chi connectivity index (χ0n) is 14.1. The van der Waals surface area contributed by atoms with E-state index in [9.17, 15) is 4.79 Å². The van der Waals surface area contributed by atoms with Gasteiger partial charge in [0.1, 0.15) is 32.6 Å². The van der Waals surface area contributed by atoms with Crippen LogP contribution in [0.3, 0.4) is 0 Å². The maximum absolute atomic E-state index is 12.5. The molecule has 0 aliphatic carbocycles. The number of methoxy groups -OCH3 is 2. The highest BCUT2D eigenvalue weighted by molar-refractivity contribution is 6.36. The third-order valence-electron chi connectivity index (χ3n) is 4.16. The maximum Gasteiger partial charge on any atom is 0.294 e. The molecule has 6 nitrogen and oxygen atoms in total. The maximum atomic E-state index is 12.5. The molecule has 0 bridgehead atoms. The number of nitrogens with one attached hydrogen (secondary N) is 1. The molecule has 4 aromatic rings. The summed E-state index contributed by atoms with van der Waals surface area (Å²) in [5.74, 6) is 1.26. The Bertz CT molecular complexity index is 1210. The fourth-order valence-electron chi connectivity index (χ4n) is 2.90. The van der Waals surface area contributed by atoms with E-state index in [0.717, 1.165) is 0 Å². The highest BCUT2D eigenvalue weighted by atomic mass is 16.5. The number of rotatable bonds is 3. The Labute approximate surface area is 151 Å². The molecular formula is C18H12B2N2O4. The molecule has 0 aliphatic rings. The Balaban J connectivity index is 2.02. The van der Waals surface area contributed by atoms with Gasteiger partial charge in [-0.3, -0.25) is 4.79 Å². The van der Waals surface area contributed by atoms with E-state index in [1.807, 2.05) is 0 Å². The summed E-state index contributed by atoms with van der Waals surface area (Å²) in [7, 11) is 15.0. The molecule has 0 saturated carbocycles. The number of benzene rings is 2. The summed E-state index contributed by atoms with van der Waals surface area (Å²) in [4.78, 5) is 19.7. The number of hydrogen-bond acceptors (Lipinski definition) is 5. The Kier molecular flexibility index (Phi) is 3.76. The van der Waals surface area contributed by atoms with Crippen LogP contribution in [0.25, 0.3) is 33.5 Å². The lowest BCUT2D eigenvalue weighted by atomic mass is 9.89. The summed E-state index contributed by atoms with van der Waals surface area (Å²) in [5, 5.41) is 0.659. The van der Waals surface area contributed by atoms with Crippen LogP contribution in [0.4, 0.5) is 0 Å². The van der Waals surface area contributed by atoms with Crippen LogP contribution >= 0.6 is 0 Å². The smallest absolute Gasteiger partial charge is 0.294 e. The van der Waals surface area contributed by atoms with Crippen molar-refractivity contribution in [3.63, 3.8) is 0 Å². The van der Waals surface area contributed by atoms with Crippen molar-refractivity contribution < 1.29 is 13.9 Å².